The summed E-state index contributed by atoms with van der Waals surface area (Å²) in [5, 5.41) is 8.25. The molecule has 0 saturated heterocycles. The van der Waals surface area contributed by atoms with Crippen LogP contribution in [-0.4, -0.2) is 4.08 Å². The molecule has 0 aliphatic rings. The van der Waals surface area contributed by atoms with Crippen molar-refractivity contribution in [1.82, 2.24) is 0 Å². The number of rotatable bonds is 5. The normalized spacial score (nSPS) is 11.1. The lowest BCUT2D eigenvalue weighted by Gasteiger charge is -2.14. The maximum absolute atomic E-state index is 8.25. The molecule has 64 valence electrons. The SMILES string of the molecule is CC(S)(S)CCCCCC#N. The average Bonchev–Trinajstić information content (AvgIpc) is 1.85. The Morgan fingerprint density at radius 1 is 1.27 bits per heavy atom. The number of hydrogen-bond donors (Lipinski definition) is 2. The Morgan fingerprint density at radius 3 is 2.36 bits per heavy atom. The van der Waals surface area contributed by atoms with Crippen molar-refractivity contribution < 1.29 is 0 Å². The smallest absolute Gasteiger partial charge is 0.0621 e. The Morgan fingerprint density at radius 2 is 1.91 bits per heavy atom. The van der Waals surface area contributed by atoms with Crippen LogP contribution in [0.5, 0.6) is 0 Å². The molecule has 0 atom stereocenters. The van der Waals surface area contributed by atoms with Gasteiger partial charge in [-0.15, -0.1) is 0 Å². The van der Waals surface area contributed by atoms with Gasteiger partial charge >= 0.3 is 0 Å². The van der Waals surface area contributed by atoms with Crippen LogP contribution < -0.4 is 0 Å². The fraction of sp³-hybridized carbons (Fsp3) is 0.875. The molecule has 0 heterocycles. The van der Waals surface area contributed by atoms with E-state index in [0.717, 1.165) is 25.7 Å². The van der Waals surface area contributed by atoms with Crippen molar-refractivity contribution in [3.05, 3.63) is 0 Å². The summed E-state index contributed by atoms with van der Waals surface area (Å²) in [5.41, 5.74) is 0. The van der Waals surface area contributed by atoms with Gasteiger partial charge < -0.3 is 0 Å². The van der Waals surface area contributed by atoms with Crippen molar-refractivity contribution in [3.8, 4) is 6.07 Å². The van der Waals surface area contributed by atoms with Crippen LogP contribution in [0, 0.1) is 11.3 Å². The molecule has 11 heavy (non-hydrogen) atoms. The van der Waals surface area contributed by atoms with E-state index in [1.54, 1.807) is 0 Å². The summed E-state index contributed by atoms with van der Waals surface area (Å²) in [6, 6.07) is 2.13. The zero-order valence-corrected chi connectivity index (χ0v) is 8.67. The van der Waals surface area contributed by atoms with Crippen LogP contribution in [0.1, 0.15) is 39.0 Å². The summed E-state index contributed by atoms with van der Waals surface area (Å²) in [6.45, 7) is 1.99. The highest BCUT2D eigenvalue weighted by molar-refractivity contribution is 8.00. The fourth-order valence-corrected chi connectivity index (χ4v) is 1.16. The molecule has 0 spiro atoms. The second-order valence-electron chi connectivity index (χ2n) is 2.94. The van der Waals surface area contributed by atoms with Crippen LogP contribution in [0.3, 0.4) is 0 Å². The third-order valence-electron chi connectivity index (χ3n) is 1.44. The van der Waals surface area contributed by atoms with Gasteiger partial charge in [-0.3, -0.25) is 0 Å². The molecule has 0 amide bonds. The number of thiol groups is 2. The Kier molecular flexibility index (Phi) is 5.89. The quantitative estimate of drug-likeness (QED) is 0.388. The third kappa shape index (κ3) is 10.2. The molecule has 0 bridgehead atoms. The monoisotopic (exact) mass is 189 g/mol. The fourth-order valence-electron chi connectivity index (χ4n) is 0.841. The van der Waals surface area contributed by atoms with E-state index in [2.05, 4.69) is 31.3 Å². The van der Waals surface area contributed by atoms with Gasteiger partial charge in [0.2, 0.25) is 0 Å². The van der Waals surface area contributed by atoms with Gasteiger partial charge in [0.05, 0.1) is 10.1 Å². The summed E-state index contributed by atoms with van der Waals surface area (Å²) in [5.74, 6) is 0. The Balaban J connectivity index is 3.10. The van der Waals surface area contributed by atoms with E-state index in [1.165, 1.54) is 0 Å². The standard InChI is InChI=1S/C8H15NS2/c1-8(10,11)6-4-2-3-5-7-9/h10-11H,2-6H2,1H3. The van der Waals surface area contributed by atoms with Gasteiger partial charge in [0.25, 0.3) is 0 Å². The first-order valence-corrected chi connectivity index (χ1v) is 4.77. The van der Waals surface area contributed by atoms with E-state index in [9.17, 15) is 0 Å². The number of nitriles is 1. The Bertz CT molecular complexity index is 132. The lowest BCUT2D eigenvalue weighted by molar-refractivity contribution is 0.633. The van der Waals surface area contributed by atoms with Gasteiger partial charge in [-0.2, -0.15) is 30.5 Å². The number of nitrogens with zero attached hydrogens (tertiary/aromatic N) is 1. The van der Waals surface area contributed by atoms with Crippen molar-refractivity contribution in [2.75, 3.05) is 0 Å². The maximum atomic E-state index is 8.25. The second-order valence-corrected chi connectivity index (χ2v) is 5.26. The molecule has 0 unspecified atom stereocenters. The molecular formula is C8H15NS2. The van der Waals surface area contributed by atoms with Crippen molar-refractivity contribution in [2.24, 2.45) is 0 Å². The van der Waals surface area contributed by atoms with Gasteiger partial charge in [0.1, 0.15) is 0 Å². The van der Waals surface area contributed by atoms with Crippen LogP contribution >= 0.6 is 25.3 Å². The lowest BCUT2D eigenvalue weighted by atomic mass is 10.1. The van der Waals surface area contributed by atoms with Gasteiger partial charge in [-0.1, -0.05) is 12.8 Å². The zero-order chi connectivity index (χ0) is 8.74. The summed E-state index contributed by atoms with van der Waals surface area (Å²) < 4.78 is -0.146. The highest BCUT2D eigenvalue weighted by Gasteiger charge is 2.10. The van der Waals surface area contributed by atoms with Crippen LogP contribution in [0.25, 0.3) is 0 Å². The summed E-state index contributed by atoms with van der Waals surface area (Å²) >= 11 is 8.56. The highest BCUT2D eigenvalue weighted by Crippen LogP contribution is 2.25. The molecule has 0 fully saturated rings. The van der Waals surface area contributed by atoms with E-state index in [1.807, 2.05) is 6.92 Å². The molecule has 0 aromatic carbocycles. The molecule has 0 N–H and O–H groups in total. The van der Waals surface area contributed by atoms with E-state index in [0.29, 0.717) is 6.42 Å². The Hall–Kier alpha value is 0.190. The predicted molar refractivity (Wildman–Crippen MR) is 55.1 cm³/mol. The molecule has 0 radical (unpaired) electrons. The first-order valence-electron chi connectivity index (χ1n) is 3.88. The van der Waals surface area contributed by atoms with Crippen LogP contribution in [0.2, 0.25) is 0 Å². The van der Waals surface area contributed by atoms with Crippen molar-refractivity contribution in [1.29, 1.82) is 5.26 Å². The minimum atomic E-state index is -0.146. The van der Waals surface area contributed by atoms with Gasteiger partial charge in [-0.05, 0) is 19.8 Å². The van der Waals surface area contributed by atoms with E-state index in [-0.39, 0.29) is 4.08 Å². The third-order valence-corrected chi connectivity index (χ3v) is 1.89. The van der Waals surface area contributed by atoms with Crippen LogP contribution in [0.15, 0.2) is 0 Å². The molecule has 0 aliphatic carbocycles. The number of unbranched alkanes of at least 4 members (excludes halogenated alkanes) is 3. The maximum Gasteiger partial charge on any atom is 0.0621 e. The topological polar surface area (TPSA) is 23.8 Å². The lowest BCUT2D eigenvalue weighted by Crippen LogP contribution is -2.05. The minimum Gasteiger partial charge on any atom is -0.198 e. The molecule has 0 aromatic rings. The molecule has 3 heteroatoms. The van der Waals surface area contributed by atoms with Gasteiger partial charge in [-0.25, -0.2) is 0 Å². The van der Waals surface area contributed by atoms with Crippen LogP contribution in [0.4, 0.5) is 0 Å². The molecule has 0 saturated carbocycles. The molecule has 0 aromatic heterocycles. The van der Waals surface area contributed by atoms with E-state index < -0.39 is 0 Å². The highest BCUT2D eigenvalue weighted by atomic mass is 32.2. The summed E-state index contributed by atoms with van der Waals surface area (Å²) in [4.78, 5) is 0. The van der Waals surface area contributed by atoms with Crippen molar-refractivity contribution in [3.63, 3.8) is 0 Å². The van der Waals surface area contributed by atoms with Gasteiger partial charge in [0, 0.05) is 6.42 Å². The van der Waals surface area contributed by atoms with Gasteiger partial charge in [0.15, 0.2) is 0 Å². The van der Waals surface area contributed by atoms with Crippen LogP contribution in [-0.2, 0) is 0 Å². The van der Waals surface area contributed by atoms with Crippen molar-refractivity contribution >= 4 is 25.3 Å². The molecular weight excluding hydrogens is 174 g/mol. The molecule has 1 nitrogen and oxygen atoms in total. The predicted octanol–water partition coefficient (Wildman–Crippen LogP) is 3.04. The first kappa shape index (κ1) is 11.2. The second kappa shape index (κ2) is 5.79. The zero-order valence-electron chi connectivity index (χ0n) is 6.88. The van der Waals surface area contributed by atoms with E-state index in [4.69, 9.17) is 5.26 Å². The van der Waals surface area contributed by atoms with Crippen molar-refractivity contribution in [2.45, 2.75) is 43.1 Å². The first-order chi connectivity index (χ1) is 5.06. The molecule has 0 rings (SSSR count). The Labute approximate surface area is 80.0 Å². The van der Waals surface area contributed by atoms with E-state index >= 15 is 0 Å². The number of hydrogen-bond acceptors (Lipinski definition) is 3. The molecule has 0 aliphatic heterocycles. The summed E-state index contributed by atoms with van der Waals surface area (Å²) in [6.07, 6.45) is 4.92. The largest absolute Gasteiger partial charge is 0.198 e. The minimum absolute atomic E-state index is 0.146. The summed E-state index contributed by atoms with van der Waals surface area (Å²) in [7, 11) is 0. The average molecular weight is 189 g/mol.